The molecule has 2 aromatic carbocycles. The van der Waals surface area contributed by atoms with Gasteiger partial charge >= 0.3 is 6.09 Å². The molecule has 0 unspecified atom stereocenters. The minimum Gasteiger partial charge on any atom is -0.410 e. The van der Waals surface area contributed by atoms with Gasteiger partial charge < -0.3 is 19.5 Å². The number of hydrogen-bond acceptors (Lipinski definition) is 6. The minimum absolute atomic E-state index is 0.162. The maximum atomic E-state index is 12.7. The summed E-state index contributed by atoms with van der Waals surface area (Å²) in [7, 11) is 1.99. The lowest BCUT2D eigenvalue weighted by Gasteiger charge is -2.30. The highest BCUT2D eigenvalue weighted by molar-refractivity contribution is 7.99. The van der Waals surface area contributed by atoms with Crippen LogP contribution in [-0.2, 0) is 13.6 Å². The van der Waals surface area contributed by atoms with Crippen LogP contribution in [0.4, 0.5) is 10.5 Å². The highest BCUT2D eigenvalue weighted by Crippen LogP contribution is 2.29. The van der Waals surface area contributed by atoms with E-state index in [2.05, 4.69) is 15.2 Å². The van der Waals surface area contributed by atoms with Gasteiger partial charge in [0, 0.05) is 55.6 Å². The van der Waals surface area contributed by atoms with Gasteiger partial charge in [-0.25, -0.2) is 9.78 Å². The SMILES string of the molecule is Cn1ccnc1SC1CCN(C(=O)Oc2ccc(NC(=O)c3ccc(CN4CCCCC4)cc3)cc2)CC1. The number of aryl methyl sites for hydroxylation is 1. The number of nitrogens with one attached hydrogen (secondary N) is 1. The number of imidazole rings is 1. The Morgan fingerprint density at radius 3 is 2.34 bits per heavy atom. The Labute approximate surface area is 228 Å². The maximum Gasteiger partial charge on any atom is 0.415 e. The number of aromatic nitrogens is 2. The van der Waals surface area contributed by atoms with Gasteiger partial charge in [-0.05, 0) is 80.7 Å². The normalized spacial score (nSPS) is 16.8. The van der Waals surface area contributed by atoms with Crippen molar-refractivity contribution >= 4 is 29.4 Å². The molecule has 0 bridgehead atoms. The average Bonchev–Trinajstić information content (AvgIpc) is 3.35. The molecule has 1 aromatic heterocycles. The predicted octanol–water partition coefficient (Wildman–Crippen LogP) is 5.41. The molecule has 9 heteroatoms. The van der Waals surface area contributed by atoms with Gasteiger partial charge in [0.25, 0.3) is 5.91 Å². The summed E-state index contributed by atoms with van der Waals surface area (Å²) in [6.07, 6.45) is 9.07. The molecule has 0 radical (unpaired) electrons. The number of carbonyl (C=O) groups excluding carboxylic acids is 2. The van der Waals surface area contributed by atoms with Gasteiger partial charge in [-0.15, -0.1) is 0 Å². The predicted molar refractivity (Wildman–Crippen MR) is 150 cm³/mol. The smallest absolute Gasteiger partial charge is 0.410 e. The van der Waals surface area contributed by atoms with E-state index in [-0.39, 0.29) is 12.0 Å². The number of amides is 2. The van der Waals surface area contributed by atoms with E-state index < -0.39 is 0 Å². The van der Waals surface area contributed by atoms with Gasteiger partial charge in [-0.3, -0.25) is 9.69 Å². The number of thioether (sulfide) groups is 1. The zero-order valence-corrected chi connectivity index (χ0v) is 22.7. The van der Waals surface area contributed by atoms with E-state index in [1.54, 1.807) is 47.1 Å². The van der Waals surface area contributed by atoms with E-state index in [1.165, 1.54) is 24.8 Å². The van der Waals surface area contributed by atoms with Gasteiger partial charge in [0.15, 0.2) is 5.16 Å². The highest BCUT2D eigenvalue weighted by Gasteiger charge is 2.25. The van der Waals surface area contributed by atoms with Crippen molar-refractivity contribution in [2.75, 3.05) is 31.5 Å². The highest BCUT2D eigenvalue weighted by atomic mass is 32.2. The Hall–Kier alpha value is -3.30. The van der Waals surface area contributed by atoms with Crippen LogP contribution in [0, 0.1) is 0 Å². The standard InChI is InChI=1S/C29H35N5O3S/c1-32-20-15-30-28(32)38-26-13-18-34(19-14-26)29(36)37-25-11-9-24(10-12-25)31-27(35)23-7-5-22(6-8-23)21-33-16-3-2-4-17-33/h5-12,15,20,26H,2-4,13-14,16-19,21H2,1H3,(H,31,35). The van der Waals surface area contributed by atoms with Crippen molar-refractivity contribution in [3.8, 4) is 5.75 Å². The molecule has 2 aliphatic rings. The molecule has 5 rings (SSSR count). The van der Waals surface area contributed by atoms with Crippen LogP contribution in [0.5, 0.6) is 5.75 Å². The van der Waals surface area contributed by atoms with E-state index in [1.807, 2.05) is 42.1 Å². The van der Waals surface area contributed by atoms with E-state index >= 15 is 0 Å². The summed E-state index contributed by atoms with van der Waals surface area (Å²) in [6.45, 7) is 4.55. The summed E-state index contributed by atoms with van der Waals surface area (Å²) in [6, 6.07) is 14.7. The first-order valence-electron chi connectivity index (χ1n) is 13.4. The zero-order valence-electron chi connectivity index (χ0n) is 21.8. The van der Waals surface area contributed by atoms with Crippen molar-refractivity contribution < 1.29 is 14.3 Å². The summed E-state index contributed by atoms with van der Waals surface area (Å²) in [5, 5.41) is 4.36. The molecule has 2 saturated heterocycles. The molecule has 0 aliphatic carbocycles. The van der Waals surface area contributed by atoms with Gasteiger partial charge in [0.05, 0.1) is 0 Å². The monoisotopic (exact) mass is 533 g/mol. The second-order valence-corrected chi connectivity index (χ2v) is 11.3. The molecular weight excluding hydrogens is 498 g/mol. The molecule has 3 aromatic rings. The summed E-state index contributed by atoms with van der Waals surface area (Å²) >= 11 is 1.76. The Balaban J connectivity index is 1.07. The van der Waals surface area contributed by atoms with Crippen LogP contribution in [0.1, 0.15) is 48.0 Å². The zero-order chi connectivity index (χ0) is 26.3. The summed E-state index contributed by atoms with van der Waals surface area (Å²) in [5.41, 5.74) is 2.50. The molecular formula is C29H35N5O3S. The van der Waals surface area contributed by atoms with Gasteiger partial charge in [0.1, 0.15) is 5.75 Å². The summed E-state index contributed by atoms with van der Waals surface area (Å²) in [4.78, 5) is 34.0. The number of benzene rings is 2. The van der Waals surface area contributed by atoms with Crippen LogP contribution in [0.3, 0.4) is 0 Å². The third-order valence-electron chi connectivity index (χ3n) is 7.14. The van der Waals surface area contributed by atoms with E-state index in [9.17, 15) is 9.59 Å². The molecule has 2 amide bonds. The number of nitrogens with zero attached hydrogens (tertiary/aromatic N) is 4. The second-order valence-electron chi connectivity index (χ2n) is 10.0. The molecule has 200 valence electrons. The number of carbonyl (C=O) groups is 2. The number of anilines is 1. The van der Waals surface area contributed by atoms with Crippen LogP contribution < -0.4 is 10.1 Å². The Bertz CT molecular complexity index is 1210. The molecule has 8 nitrogen and oxygen atoms in total. The second kappa shape index (κ2) is 12.5. The van der Waals surface area contributed by atoms with Crippen molar-refractivity contribution in [3.63, 3.8) is 0 Å². The van der Waals surface area contributed by atoms with E-state index in [0.29, 0.717) is 35.3 Å². The van der Waals surface area contributed by atoms with Crippen LogP contribution in [0.2, 0.25) is 0 Å². The molecule has 2 aliphatic heterocycles. The van der Waals surface area contributed by atoms with E-state index in [0.717, 1.165) is 37.6 Å². The number of ether oxygens (including phenoxy) is 1. The van der Waals surface area contributed by atoms with Gasteiger partial charge in [-0.1, -0.05) is 30.3 Å². The Morgan fingerprint density at radius 2 is 1.68 bits per heavy atom. The molecule has 1 N–H and O–H groups in total. The number of hydrogen-bond donors (Lipinski definition) is 1. The topological polar surface area (TPSA) is 79.7 Å². The van der Waals surface area contributed by atoms with Crippen molar-refractivity contribution in [1.29, 1.82) is 0 Å². The fourth-order valence-electron chi connectivity index (χ4n) is 4.88. The lowest BCUT2D eigenvalue weighted by atomic mass is 10.1. The minimum atomic E-state index is -0.341. The molecule has 38 heavy (non-hydrogen) atoms. The lowest BCUT2D eigenvalue weighted by Crippen LogP contribution is -2.40. The third-order valence-corrected chi connectivity index (χ3v) is 8.55. The van der Waals surface area contributed by atoms with Crippen molar-refractivity contribution in [1.82, 2.24) is 19.4 Å². The van der Waals surface area contributed by atoms with Crippen molar-refractivity contribution in [2.45, 2.75) is 49.1 Å². The first-order valence-corrected chi connectivity index (χ1v) is 14.2. The molecule has 0 spiro atoms. The van der Waals surface area contributed by atoms with Crippen LogP contribution >= 0.6 is 11.8 Å². The van der Waals surface area contributed by atoms with Crippen molar-refractivity contribution in [3.05, 3.63) is 72.1 Å². The van der Waals surface area contributed by atoms with Gasteiger partial charge in [-0.2, -0.15) is 0 Å². The maximum absolute atomic E-state index is 12.7. The molecule has 3 heterocycles. The first kappa shape index (κ1) is 26.3. The van der Waals surface area contributed by atoms with E-state index in [4.69, 9.17) is 4.74 Å². The summed E-state index contributed by atoms with van der Waals surface area (Å²) in [5.74, 6) is 0.296. The number of piperidine rings is 2. The lowest BCUT2D eigenvalue weighted by molar-refractivity contribution is 0.102. The van der Waals surface area contributed by atoms with Crippen LogP contribution in [-0.4, -0.2) is 62.8 Å². The van der Waals surface area contributed by atoms with Crippen LogP contribution in [0.25, 0.3) is 0 Å². The first-order chi connectivity index (χ1) is 18.5. The molecule has 2 fully saturated rings. The number of rotatable bonds is 7. The summed E-state index contributed by atoms with van der Waals surface area (Å²) < 4.78 is 7.60. The fourth-order valence-corrected chi connectivity index (χ4v) is 5.98. The third kappa shape index (κ3) is 6.96. The quantitative estimate of drug-likeness (QED) is 0.437. The molecule has 0 atom stereocenters. The largest absolute Gasteiger partial charge is 0.415 e. The van der Waals surface area contributed by atoms with Crippen molar-refractivity contribution in [2.24, 2.45) is 7.05 Å². The van der Waals surface area contributed by atoms with Gasteiger partial charge in [0.2, 0.25) is 0 Å². The average molecular weight is 534 g/mol. The fraction of sp³-hybridized carbons (Fsp3) is 0.414. The number of likely N-dealkylation sites (tertiary alicyclic amines) is 2. The van der Waals surface area contributed by atoms with Crippen LogP contribution in [0.15, 0.2) is 66.1 Å². The Kier molecular flexibility index (Phi) is 8.65. The Morgan fingerprint density at radius 1 is 0.974 bits per heavy atom. The molecule has 0 saturated carbocycles.